The highest BCUT2D eigenvalue weighted by Crippen LogP contribution is 2.45. The molecule has 2 heterocycles. The van der Waals surface area contributed by atoms with Crippen LogP contribution < -0.4 is 15.0 Å². The van der Waals surface area contributed by atoms with Gasteiger partial charge in [0.05, 0.1) is 22.8 Å². The van der Waals surface area contributed by atoms with Gasteiger partial charge in [-0.25, -0.2) is 0 Å². The van der Waals surface area contributed by atoms with E-state index >= 15 is 0 Å². The van der Waals surface area contributed by atoms with Crippen molar-refractivity contribution in [2.24, 2.45) is 0 Å². The Hall–Kier alpha value is -5.74. The minimum Gasteiger partial charge on any atom is -0.464 e. The number of para-hydroxylation sites is 2. The van der Waals surface area contributed by atoms with Gasteiger partial charge in [0.15, 0.2) is 12.0 Å². The molecule has 0 saturated heterocycles. The van der Waals surface area contributed by atoms with E-state index in [2.05, 4.69) is 154 Å². The number of ether oxygens (including phenoxy) is 1. The normalized spacial score (nSPS) is 17.0. The van der Waals surface area contributed by atoms with Crippen LogP contribution in [0, 0.1) is 0 Å². The molecule has 0 saturated carbocycles. The first-order valence-corrected chi connectivity index (χ1v) is 15.6. The molecule has 1 aliphatic heterocycles. The molecule has 2 unspecified atom stereocenters. The quantitative estimate of drug-likeness (QED) is 0.219. The SMILES string of the molecule is C1=CCC(N(c2ccc(-n3c4ccccc4c4ccccc43)cc2)c2ccc3c4c(ccc3c2)NC(c2ccccc2)O4)C=C1. The van der Waals surface area contributed by atoms with E-state index in [0.29, 0.717) is 0 Å². The molecule has 0 fully saturated rings. The number of benzene rings is 6. The van der Waals surface area contributed by atoms with Crippen molar-refractivity contribution in [2.75, 3.05) is 10.2 Å². The van der Waals surface area contributed by atoms with E-state index in [1.165, 1.54) is 21.8 Å². The summed E-state index contributed by atoms with van der Waals surface area (Å²) in [7, 11) is 0. The zero-order valence-corrected chi connectivity index (χ0v) is 24.7. The van der Waals surface area contributed by atoms with Gasteiger partial charge in [-0.05, 0) is 72.5 Å². The average molecular weight is 582 g/mol. The van der Waals surface area contributed by atoms with Gasteiger partial charge >= 0.3 is 0 Å². The van der Waals surface area contributed by atoms with Gasteiger partial charge in [0.2, 0.25) is 0 Å². The Kier molecular flexibility index (Phi) is 5.98. The Bertz CT molecular complexity index is 2210. The molecule has 0 spiro atoms. The fourth-order valence-electron chi connectivity index (χ4n) is 7.00. The van der Waals surface area contributed by atoms with Crippen molar-refractivity contribution in [3.05, 3.63) is 163 Å². The van der Waals surface area contributed by atoms with Crippen LogP contribution in [0.15, 0.2) is 158 Å². The maximum absolute atomic E-state index is 6.47. The second-order valence-electron chi connectivity index (χ2n) is 11.8. The molecule has 1 aromatic heterocycles. The second kappa shape index (κ2) is 10.5. The van der Waals surface area contributed by atoms with Crippen LogP contribution in [0.1, 0.15) is 18.2 Å². The van der Waals surface area contributed by atoms with E-state index in [9.17, 15) is 0 Å². The number of allylic oxidation sites excluding steroid dienone is 2. The summed E-state index contributed by atoms with van der Waals surface area (Å²) >= 11 is 0. The monoisotopic (exact) mass is 581 g/mol. The van der Waals surface area contributed by atoms with Crippen LogP contribution in [0.2, 0.25) is 0 Å². The smallest absolute Gasteiger partial charge is 0.196 e. The molecule has 0 radical (unpaired) electrons. The van der Waals surface area contributed by atoms with Crippen LogP contribution in [-0.2, 0) is 0 Å². The molecule has 216 valence electrons. The van der Waals surface area contributed by atoms with E-state index in [-0.39, 0.29) is 12.3 Å². The predicted molar refractivity (Wildman–Crippen MR) is 187 cm³/mol. The number of nitrogens with zero attached hydrogens (tertiary/aromatic N) is 2. The first-order chi connectivity index (χ1) is 22.3. The molecule has 9 rings (SSSR count). The Balaban J connectivity index is 1.11. The molecule has 2 atom stereocenters. The van der Waals surface area contributed by atoms with E-state index in [4.69, 9.17) is 4.74 Å². The third kappa shape index (κ3) is 4.29. The lowest BCUT2D eigenvalue weighted by molar-refractivity contribution is 0.262. The highest BCUT2D eigenvalue weighted by molar-refractivity contribution is 6.09. The maximum Gasteiger partial charge on any atom is 0.196 e. The number of fused-ring (bicyclic) bond motifs is 6. The first kappa shape index (κ1) is 25.7. The van der Waals surface area contributed by atoms with E-state index in [0.717, 1.165) is 51.3 Å². The van der Waals surface area contributed by atoms with Crippen molar-refractivity contribution < 1.29 is 4.74 Å². The Labute approximate surface area is 262 Å². The van der Waals surface area contributed by atoms with E-state index in [1.807, 2.05) is 18.2 Å². The molecule has 4 heteroatoms. The standard InChI is InChI=1S/C41H31N3O/c1-3-11-28(12-4-1)41-42-37-26-19-29-27-33(24-25-34(29)40(37)45-41)43(30-13-5-2-6-14-30)31-20-22-32(23-21-31)44-38-17-9-7-15-35(38)36-16-8-10-18-39(36)44/h1-13,15-27,30,41-42H,14H2. The van der Waals surface area contributed by atoms with Crippen molar-refractivity contribution in [3.63, 3.8) is 0 Å². The predicted octanol–water partition coefficient (Wildman–Crippen LogP) is 10.5. The molecule has 1 aliphatic carbocycles. The summed E-state index contributed by atoms with van der Waals surface area (Å²) < 4.78 is 8.84. The highest BCUT2D eigenvalue weighted by atomic mass is 16.5. The van der Waals surface area contributed by atoms with Gasteiger partial charge < -0.3 is 19.5 Å². The van der Waals surface area contributed by atoms with Crippen molar-refractivity contribution in [3.8, 4) is 11.4 Å². The summed E-state index contributed by atoms with van der Waals surface area (Å²) in [5, 5.41) is 8.36. The molecular weight excluding hydrogens is 550 g/mol. The number of aromatic nitrogens is 1. The molecule has 6 aromatic carbocycles. The lowest BCUT2D eigenvalue weighted by atomic mass is 10.0. The number of hydrogen-bond donors (Lipinski definition) is 1. The summed E-state index contributed by atoms with van der Waals surface area (Å²) in [4.78, 5) is 2.45. The van der Waals surface area contributed by atoms with Gasteiger partial charge in [0.1, 0.15) is 0 Å². The Morgan fingerprint density at radius 1 is 0.644 bits per heavy atom. The fraction of sp³-hybridized carbons (Fsp3) is 0.0732. The lowest BCUT2D eigenvalue weighted by Gasteiger charge is -2.33. The van der Waals surface area contributed by atoms with Gasteiger partial charge in [0, 0.05) is 38.8 Å². The molecule has 0 amide bonds. The molecule has 1 N–H and O–H groups in total. The number of anilines is 3. The van der Waals surface area contributed by atoms with Crippen molar-refractivity contribution in [2.45, 2.75) is 18.7 Å². The van der Waals surface area contributed by atoms with Crippen LogP contribution in [0.3, 0.4) is 0 Å². The number of hydrogen-bond acceptors (Lipinski definition) is 3. The highest BCUT2D eigenvalue weighted by Gasteiger charge is 2.26. The fourth-order valence-corrected chi connectivity index (χ4v) is 7.00. The molecule has 45 heavy (non-hydrogen) atoms. The molecular formula is C41H31N3O. The van der Waals surface area contributed by atoms with Crippen LogP contribution >= 0.6 is 0 Å². The zero-order chi connectivity index (χ0) is 29.7. The molecule has 2 aliphatic rings. The van der Waals surface area contributed by atoms with Crippen molar-refractivity contribution >= 4 is 49.6 Å². The Morgan fingerprint density at radius 3 is 2.09 bits per heavy atom. The summed E-state index contributed by atoms with van der Waals surface area (Å²) in [5.41, 5.74) is 8.05. The van der Waals surface area contributed by atoms with Crippen LogP contribution in [0.5, 0.6) is 5.75 Å². The zero-order valence-electron chi connectivity index (χ0n) is 24.7. The van der Waals surface area contributed by atoms with Gasteiger partial charge in [-0.15, -0.1) is 0 Å². The summed E-state index contributed by atoms with van der Waals surface area (Å²) in [6.07, 6.45) is 9.60. The number of rotatable bonds is 5. The summed E-state index contributed by atoms with van der Waals surface area (Å²) in [5.74, 6) is 0.912. The third-order valence-corrected chi connectivity index (χ3v) is 9.11. The summed E-state index contributed by atoms with van der Waals surface area (Å²) in [6, 6.07) is 47.9. The average Bonchev–Trinajstić information content (AvgIpc) is 3.70. The minimum atomic E-state index is -0.185. The van der Waals surface area contributed by atoms with E-state index in [1.54, 1.807) is 0 Å². The first-order valence-electron chi connectivity index (χ1n) is 15.6. The van der Waals surface area contributed by atoms with Crippen molar-refractivity contribution in [1.29, 1.82) is 0 Å². The molecule has 7 aromatic rings. The maximum atomic E-state index is 6.47. The van der Waals surface area contributed by atoms with Gasteiger partial charge in [-0.2, -0.15) is 0 Å². The van der Waals surface area contributed by atoms with Crippen molar-refractivity contribution in [1.82, 2.24) is 4.57 Å². The number of nitrogens with one attached hydrogen (secondary N) is 1. The molecule has 0 bridgehead atoms. The van der Waals surface area contributed by atoms with Crippen LogP contribution in [-0.4, -0.2) is 10.6 Å². The second-order valence-corrected chi connectivity index (χ2v) is 11.8. The third-order valence-electron chi connectivity index (χ3n) is 9.11. The van der Waals surface area contributed by atoms with Crippen LogP contribution in [0.4, 0.5) is 17.1 Å². The van der Waals surface area contributed by atoms with Crippen LogP contribution in [0.25, 0.3) is 38.3 Å². The lowest BCUT2D eigenvalue weighted by Crippen LogP contribution is -2.29. The minimum absolute atomic E-state index is 0.185. The van der Waals surface area contributed by atoms with Gasteiger partial charge in [-0.3, -0.25) is 0 Å². The topological polar surface area (TPSA) is 29.4 Å². The van der Waals surface area contributed by atoms with Gasteiger partial charge in [0.25, 0.3) is 0 Å². The summed E-state index contributed by atoms with van der Waals surface area (Å²) in [6.45, 7) is 0. The molecule has 4 nitrogen and oxygen atoms in total. The van der Waals surface area contributed by atoms with E-state index < -0.39 is 0 Å². The van der Waals surface area contributed by atoms with Gasteiger partial charge in [-0.1, -0.05) is 97.1 Å². The largest absolute Gasteiger partial charge is 0.464 e. The Morgan fingerprint density at radius 2 is 1.36 bits per heavy atom.